The molecule has 0 aliphatic rings. The van der Waals surface area contributed by atoms with Gasteiger partial charge in [0.25, 0.3) is 0 Å². The number of nitrogens with zero attached hydrogens (tertiary/aromatic N) is 2. The zero-order chi connectivity index (χ0) is 14.5. The van der Waals surface area contributed by atoms with Crippen molar-refractivity contribution in [3.63, 3.8) is 0 Å². The molecule has 0 spiro atoms. The fourth-order valence-electron chi connectivity index (χ4n) is 2.05. The van der Waals surface area contributed by atoms with Gasteiger partial charge < -0.3 is 9.84 Å². The fraction of sp³-hybridized carbons (Fsp3) is 0.467. The largest absolute Gasteiger partial charge is 0.339 e. The molecule has 2 atom stereocenters. The summed E-state index contributed by atoms with van der Waals surface area (Å²) in [4.78, 5) is 4.51. The molecule has 0 radical (unpaired) electrons. The lowest BCUT2D eigenvalue weighted by Crippen LogP contribution is -2.30. The van der Waals surface area contributed by atoms with Crippen LogP contribution in [0, 0.1) is 0 Å². The Morgan fingerprint density at radius 3 is 2.75 bits per heavy atom. The van der Waals surface area contributed by atoms with E-state index in [9.17, 15) is 0 Å². The third-order valence-electron chi connectivity index (χ3n) is 3.46. The Morgan fingerprint density at radius 1 is 1.30 bits per heavy atom. The maximum absolute atomic E-state index is 5.39. The van der Waals surface area contributed by atoms with E-state index in [1.807, 2.05) is 18.2 Å². The highest BCUT2D eigenvalue weighted by molar-refractivity contribution is 9.10. The molecular formula is C15H20BrN3O. The predicted octanol–water partition coefficient (Wildman–Crippen LogP) is 3.52. The lowest BCUT2D eigenvalue weighted by Gasteiger charge is -2.16. The summed E-state index contributed by atoms with van der Waals surface area (Å²) in [5.74, 6) is 1.62. The molecule has 2 unspecified atom stereocenters. The summed E-state index contributed by atoms with van der Waals surface area (Å²) >= 11 is 3.54. The van der Waals surface area contributed by atoms with Gasteiger partial charge in [0.2, 0.25) is 5.89 Å². The van der Waals surface area contributed by atoms with Gasteiger partial charge in [-0.25, -0.2) is 0 Å². The molecule has 1 aromatic carbocycles. The molecule has 20 heavy (non-hydrogen) atoms. The van der Waals surface area contributed by atoms with Crippen molar-refractivity contribution in [1.29, 1.82) is 0 Å². The smallest absolute Gasteiger partial charge is 0.231 e. The summed E-state index contributed by atoms with van der Waals surface area (Å²) in [5, 5.41) is 7.46. The Kier molecular flexibility index (Phi) is 5.31. The van der Waals surface area contributed by atoms with E-state index in [-0.39, 0.29) is 5.92 Å². The number of aromatic nitrogens is 2. The summed E-state index contributed by atoms with van der Waals surface area (Å²) in [6.45, 7) is 7.26. The second kappa shape index (κ2) is 6.99. The van der Waals surface area contributed by atoms with Crippen molar-refractivity contribution in [3.05, 3.63) is 46.0 Å². The van der Waals surface area contributed by atoms with E-state index in [0.29, 0.717) is 18.4 Å². The SMILES string of the molecule is CCNC(C)C(C)c1nc(Cc2ccccc2Br)no1. The van der Waals surface area contributed by atoms with Gasteiger partial charge >= 0.3 is 0 Å². The molecule has 5 heteroatoms. The molecule has 2 aromatic rings. The average Bonchev–Trinajstić information content (AvgIpc) is 2.89. The van der Waals surface area contributed by atoms with Crippen LogP contribution in [0.4, 0.5) is 0 Å². The van der Waals surface area contributed by atoms with Crippen molar-refractivity contribution in [2.45, 2.75) is 39.2 Å². The average molecular weight is 338 g/mol. The maximum Gasteiger partial charge on any atom is 0.231 e. The van der Waals surface area contributed by atoms with Crippen molar-refractivity contribution in [2.24, 2.45) is 0 Å². The molecule has 0 saturated carbocycles. The molecule has 0 amide bonds. The minimum absolute atomic E-state index is 0.204. The minimum Gasteiger partial charge on any atom is -0.339 e. The van der Waals surface area contributed by atoms with Gasteiger partial charge in [-0.3, -0.25) is 0 Å². The van der Waals surface area contributed by atoms with E-state index in [1.54, 1.807) is 0 Å². The molecule has 0 aliphatic heterocycles. The van der Waals surface area contributed by atoms with Crippen LogP contribution in [-0.2, 0) is 6.42 Å². The van der Waals surface area contributed by atoms with Gasteiger partial charge in [0.05, 0.1) is 5.92 Å². The van der Waals surface area contributed by atoms with E-state index >= 15 is 0 Å². The van der Waals surface area contributed by atoms with E-state index in [0.717, 1.165) is 22.4 Å². The van der Waals surface area contributed by atoms with Crippen molar-refractivity contribution in [3.8, 4) is 0 Å². The van der Waals surface area contributed by atoms with Crippen molar-refractivity contribution < 1.29 is 4.52 Å². The molecule has 108 valence electrons. The Morgan fingerprint density at radius 2 is 2.05 bits per heavy atom. The highest BCUT2D eigenvalue weighted by atomic mass is 79.9. The van der Waals surface area contributed by atoms with Crippen LogP contribution >= 0.6 is 15.9 Å². The van der Waals surface area contributed by atoms with Crippen LogP contribution in [0.1, 0.15) is 44.0 Å². The molecule has 0 bridgehead atoms. The molecule has 1 N–H and O–H groups in total. The van der Waals surface area contributed by atoms with Crippen molar-refractivity contribution >= 4 is 15.9 Å². The number of nitrogens with one attached hydrogen (secondary N) is 1. The molecule has 1 heterocycles. The zero-order valence-corrected chi connectivity index (χ0v) is 13.6. The van der Waals surface area contributed by atoms with Gasteiger partial charge in [0, 0.05) is 16.9 Å². The van der Waals surface area contributed by atoms with Crippen LogP contribution in [0.25, 0.3) is 0 Å². The quantitative estimate of drug-likeness (QED) is 0.876. The first-order chi connectivity index (χ1) is 9.61. The Labute approximate surface area is 128 Å². The third kappa shape index (κ3) is 3.67. The highest BCUT2D eigenvalue weighted by Gasteiger charge is 2.20. The second-order valence-electron chi connectivity index (χ2n) is 4.95. The van der Waals surface area contributed by atoms with Gasteiger partial charge in [-0.15, -0.1) is 0 Å². The first-order valence-electron chi connectivity index (χ1n) is 6.91. The van der Waals surface area contributed by atoms with E-state index in [1.165, 1.54) is 0 Å². The minimum atomic E-state index is 0.204. The monoisotopic (exact) mass is 337 g/mol. The summed E-state index contributed by atoms with van der Waals surface area (Å²) in [7, 11) is 0. The lowest BCUT2D eigenvalue weighted by molar-refractivity contribution is 0.330. The van der Waals surface area contributed by atoms with Crippen LogP contribution in [0.2, 0.25) is 0 Å². The summed E-state index contributed by atoms with van der Waals surface area (Å²) < 4.78 is 6.46. The standard InChI is InChI=1S/C15H20BrN3O/c1-4-17-11(3)10(2)15-18-14(19-20-15)9-12-7-5-6-8-13(12)16/h5-8,10-11,17H,4,9H2,1-3H3. The Bertz CT molecular complexity index is 556. The molecule has 0 aliphatic carbocycles. The number of halogens is 1. The normalized spacial score (nSPS) is 14.2. The van der Waals surface area contributed by atoms with Gasteiger partial charge in [0.15, 0.2) is 5.82 Å². The van der Waals surface area contributed by atoms with Crippen LogP contribution in [0.3, 0.4) is 0 Å². The summed E-state index contributed by atoms with van der Waals surface area (Å²) in [6, 6.07) is 8.40. The lowest BCUT2D eigenvalue weighted by atomic mass is 10.0. The van der Waals surface area contributed by atoms with E-state index in [4.69, 9.17) is 4.52 Å². The topological polar surface area (TPSA) is 51.0 Å². The number of benzene rings is 1. The summed E-state index contributed by atoms with van der Waals surface area (Å²) in [6.07, 6.45) is 0.674. The van der Waals surface area contributed by atoms with Gasteiger partial charge in [-0.2, -0.15) is 4.98 Å². The number of hydrogen-bond donors (Lipinski definition) is 1. The van der Waals surface area contributed by atoms with Crippen molar-refractivity contribution in [2.75, 3.05) is 6.54 Å². The number of rotatable bonds is 6. The molecule has 2 rings (SSSR count). The van der Waals surface area contributed by atoms with Gasteiger partial charge in [0.1, 0.15) is 0 Å². The first-order valence-corrected chi connectivity index (χ1v) is 7.70. The number of likely N-dealkylation sites (N-methyl/N-ethyl adjacent to an activating group) is 1. The van der Waals surface area contributed by atoms with Crippen LogP contribution in [0.5, 0.6) is 0 Å². The summed E-state index contributed by atoms with van der Waals surface area (Å²) in [5.41, 5.74) is 1.16. The zero-order valence-electron chi connectivity index (χ0n) is 12.1. The maximum atomic E-state index is 5.39. The Balaban J connectivity index is 2.07. The highest BCUT2D eigenvalue weighted by Crippen LogP contribution is 2.21. The molecule has 1 aromatic heterocycles. The fourth-order valence-corrected chi connectivity index (χ4v) is 2.47. The molecule has 4 nitrogen and oxygen atoms in total. The van der Waals surface area contributed by atoms with Crippen LogP contribution < -0.4 is 5.32 Å². The van der Waals surface area contributed by atoms with Crippen LogP contribution in [-0.4, -0.2) is 22.7 Å². The van der Waals surface area contributed by atoms with E-state index < -0.39 is 0 Å². The number of hydrogen-bond acceptors (Lipinski definition) is 4. The molecule has 0 saturated heterocycles. The predicted molar refractivity (Wildman–Crippen MR) is 82.8 cm³/mol. The molecule has 0 fully saturated rings. The third-order valence-corrected chi connectivity index (χ3v) is 4.23. The van der Waals surface area contributed by atoms with E-state index in [2.05, 4.69) is 58.2 Å². The second-order valence-corrected chi connectivity index (χ2v) is 5.81. The van der Waals surface area contributed by atoms with Crippen LogP contribution in [0.15, 0.2) is 33.3 Å². The Hall–Kier alpha value is -1.20. The van der Waals surface area contributed by atoms with Gasteiger partial charge in [-0.1, -0.05) is 53.1 Å². The molecular weight excluding hydrogens is 318 g/mol. The van der Waals surface area contributed by atoms with Crippen molar-refractivity contribution in [1.82, 2.24) is 15.5 Å². The van der Waals surface area contributed by atoms with Gasteiger partial charge in [-0.05, 0) is 25.1 Å². The first kappa shape index (κ1) is 15.2.